The number of ether oxygens (including phenoxy) is 1. The topological polar surface area (TPSA) is 78.4 Å². The Balaban J connectivity index is 2.56. The van der Waals surface area contributed by atoms with Gasteiger partial charge in [-0.15, -0.1) is 0 Å². The maximum absolute atomic E-state index is 11.5. The highest BCUT2D eigenvalue weighted by molar-refractivity contribution is 5.98. The Kier molecular flexibility index (Phi) is 3.55. The molecule has 0 atom stereocenters. The second-order valence-electron chi connectivity index (χ2n) is 4.17. The first kappa shape index (κ1) is 13.1. The van der Waals surface area contributed by atoms with Crippen molar-refractivity contribution in [3.8, 4) is 17.1 Å². The molecule has 2 aromatic rings. The molecule has 100 valence electrons. The molecule has 0 saturated heterocycles. The number of oxazole rings is 1. The van der Waals surface area contributed by atoms with Crippen LogP contribution in [0.2, 0.25) is 0 Å². The Hall–Kier alpha value is -2.30. The van der Waals surface area contributed by atoms with Crippen LogP contribution in [-0.4, -0.2) is 17.9 Å². The first-order valence-electron chi connectivity index (χ1n) is 6.01. The van der Waals surface area contributed by atoms with Gasteiger partial charge in [0.2, 0.25) is 0 Å². The molecule has 0 spiro atoms. The smallest absolute Gasteiger partial charge is 0.293 e. The normalized spacial score (nSPS) is 10.5. The lowest BCUT2D eigenvalue weighted by atomic mass is 10.0. The highest BCUT2D eigenvalue weighted by Crippen LogP contribution is 2.30. The SMILES string of the molecule is CCc1cc(-c2oc(N)nc2C(C)=O)ccc1OC. The number of hydrogen-bond acceptors (Lipinski definition) is 5. The number of aryl methyl sites for hydroxylation is 1. The number of carbonyl (C=O) groups excluding carboxylic acids is 1. The summed E-state index contributed by atoms with van der Waals surface area (Å²) in [5.41, 5.74) is 7.58. The Morgan fingerprint density at radius 3 is 2.79 bits per heavy atom. The van der Waals surface area contributed by atoms with Crippen LogP contribution in [0, 0.1) is 0 Å². The van der Waals surface area contributed by atoms with Crippen molar-refractivity contribution < 1.29 is 13.9 Å². The lowest BCUT2D eigenvalue weighted by Crippen LogP contribution is -1.96. The zero-order valence-corrected chi connectivity index (χ0v) is 11.2. The number of methoxy groups -OCH3 is 1. The van der Waals surface area contributed by atoms with Gasteiger partial charge >= 0.3 is 0 Å². The molecule has 5 nitrogen and oxygen atoms in total. The van der Waals surface area contributed by atoms with Crippen molar-refractivity contribution >= 4 is 11.8 Å². The minimum Gasteiger partial charge on any atom is -0.496 e. The number of nitrogen functional groups attached to an aromatic ring is 1. The van der Waals surface area contributed by atoms with Gasteiger partial charge in [-0.25, -0.2) is 0 Å². The number of nitrogens with zero attached hydrogens (tertiary/aromatic N) is 1. The number of rotatable bonds is 4. The van der Waals surface area contributed by atoms with Gasteiger partial charge in [-0.2, -0.15) is 4.98 Å². The predicted octanol–water partition coefficient (Wildman–Crippen LogP) is 2.70. The molecule has 5 heteroatoms. The molecule has 0 aliphatic heterocycles. The van der Waals surface area contributed by atoms with Crippen molar-refractivity contribution in [2.75, 3.05) is 12.8 Å². The van der Waals surface area contributed by atoms with E-state index >= 15 is 0 Å². The molecule has 1 heterocycles. The van der Waals surface area contributed by atoms with Crippen molar-refractivity contribution in [2.24, 2.45) is 0 Å². The molecule has 0 aliphatic carbocycles. The summed E-state index contributed by atoms with van der Waals surface area (Å²) < 4.78 is 10.6. The molecule has 2 rings (SSSR count). The maximum atomic E-state index is 11.5. The van der Waals surface area contributed by atoms with Crippen LogP contribution in [0.3, 0.4) is 0 Å². The Morgan fingerprint density at radius 1 is 1.47 bits per heavy atom. The van der Waals surface area contributed by atoms with E-state index in [9.17, 15) is 4.79 Å². The highest BCUT2D eigenvalue weighted by atomic mass is 16.5. The van der Waals surface area contributed by atoms with Gasteiger partial charge in [0.1, 0.15) is 5.75 Å². The zero-order valence-electron chi connectivity index (χ0n) is 11.2. The van der Waals surface area contributed by atoms with Crippen molar-refractivity contribution in [3.63, 3.8) is 0 Å². The molecule has 0 bridgehead atoms. The van der Waals surface area contributed by atoms with Gasteiger partial charge in [-0.05, 0) is 30.2 Å². The number of carbonyl (C=O) groups is 1. The molecule has 0 fully saturated rings. The van der Waals surface area contributed by atoms with Crippen molar-refractivity contribution in [3.05, 3.63) is 29.5 Å². The van der Waals surface area contributed by atoms with E-state index in [1.54, 1.807) is 7.11 Å². The summed E-state index contributed by atoms with van der Waals surface area (Å²) >= 11 is 0. The van der Waals surface area contributed by atoms with Crippen LogP contribution in [0.4, 0.5) is 6.01 Å². The molecule has 0 aliphatic rings. The summed E-state index contributed by atoms with van der Waals surface area (Å²) in [6, 6.07) is 5.58. The van der Waals surface area contributed by atoms with E-state index < -0.39 is 0 Å². The van der Waals surface area contributed by atoms with E-state index in [0.717, 1.165) is 23.3 Å². The van der Waals surface area contributed by atoms with Crippen LogP contribution < -0.4 is 10.5 Å². The Bertz CT molecular complexity index is 617. The van der Waals surface area contributed by atoms with Crippen LogP contribution in [0.1, 0.15) is 29.9 Å². The van der Waals surface area contributed by atoms with Crippen molar-refractivity contribution in [2.45, 2.75) is 20.3 Å². The van der Waals surface area contributed by atoms with E-state index in [2.05, 4.69) is 4.98 Å². The molecule has 1 aromatic heterocycles. The highest BCUT2D eigenvalue weighted by Gasteiger charge is 2.18. The molecule has 0 amide bonds. The first-order chi connectivity index (χ1) is 9.06. The molecule has 19 heavy (non-hydrogen) atoms. The van der Waals surface area contributed by atoms with Crippen molar-refractivity contribution in [1.29, 1.82) is 0 Å². The van der Waals surface area contributed by atoms with E-state index in [4.69, 9.17) is 14.9 Å². The molecular formula is C14H16N2O3. The lowest BCUT2D eigenvalue weighted by molar-refractivity contribution is 0.101. The fourth-order valence-corrected chi connectivity index (χ4v) is 1.97. The van der Waals surface area contributed by atoms with Gasteiger partial charge in [-0.3, -0.25) is 4.79 Å². The van der Waals surface area contributed by atoms with Crippen LogP contribution in [-0.2, 0) is 6.42 Å². The Morgan fingerprint density at radius 2 is 2.21 bits per heavy atom. The van der Waals surface area contributed by atoms with E-state index in [-0.39, 0.29) is 17.5 Å². The minimum absolute atomic E-state index is 0.00549. The van der Waals surface area contributed by atoms with Gasteiger partial charge in [-0.1, -0.05) is 6.92 Å². The summed E-state index contributed by atoms with van der Waals surface area (Å²) in [6.07, 6.45) is 0.816. The third-order valence-corrected chi connectivity index (χ3v) is 2.90. The van der Waals surface area contributed by atoms with Crippen LogP contribution >= 0.6 is 0 Å². The largest absolute Gasteiger partial charge is 0.496 e. The van der Waals surface area contributed by atoms with E-state index in [0.29, 0.717) is 5.76 Å². The molecule has 0 radical (unpaired) electrons. The van der Waals surface area contributed by atoms with Crippen molar-refractivity contribution in [1.82, 2.24) is 4.98 Å². The third kappa shape index (κ3) is 2.45. The molecule has 0 unspecified atom stereocenters. The number of benzene rings is 1. The lowest BCUT2D eigenvalue weighted by Gasteiger charge is -2.08. The van der Waals surface area contributed by atoms with Crippen LogP contribution in [0.25, 0.3) is 11.3 Å². The van der Waals surface area contributed by atoms with E-state index in [1.165, 1.54) is 6.92 Å². The number of aromatic nitrogens is 1. The zero-order chi connectivity index (χ0) is 14.0. The molecule has 0 saturated carbocycles. The number of ketones is 1. The summed E-state index contributed by atoms with van der Waals surface area (Å²) in [6.45, 7) is 3.47. The second kappa shape index (κ2) is 5.14. The third-order valence-electron chi connectivity index (χ3n) is 2.90. The standard InChI is InChI=1S/C14H16N2O3/c1-4-9-7-10(5-6-11(9)18-3)13-12(8(2)17)16-14(15)19-13/h5-7H,4H2,1-3H3,(H2,15,16). The second-order valence-corrected chi connectivity index (χ2v) is 4.17. The van der Waals surface area contributed by atoms with E-state index in [1.807, 2.05) is 25.1 Å². The summed E-state index contributed by atoms with van der Waals surface area (Å²) in [5.74, 6) is 1.04. The fourth-order valence-electron chi connectivity index (χ4n) is 1.97. The van der Waals surface area contributed by atoms with Crippen LogP contribution in [0.5, 0.6) is 5.75 Å². The monoisotopic (exact) mass is 260 g/mol. The fraction of sp³-hybridized carbons (Fsp3) is 0.286. The molecule has 1 aromatic carbocycles. The quantitative estimate of drug-likeness (QED) is 0.855. The number of Topliss-reactive ketones (excluding diaryl/α,β-unsaturated/α-hetero) is 1. The summed E-state index contributed by atoms with van der Waals surface area (Å²) in [4.78, 5) is 15.4. The van der Waals surface area contributed by atoms with Crippen LogP contribution in [0.15, 0.2) is 22.6 Å². The number of hydrogen-bond donors (Lipinski definition) is 1. The average Bonchev–Trinajstić information content (AvgIpc) is 2.80. The van der Waals surface area contributed by atoms with Gasteiger partial charge in [0.05, 0.1) is 7.11 Å². The minimum atomic E-state index is -0.177. The first-order valence-corrected chi connectivity index (χ1v) is 6.01. The number of nitrogens with two attached hydrogens (primary N) is 1. The number of anilines is 1. The predicted molar refractivity (Wildman–Crippen MR) is 72.3 cm³/mol. The Labute approximate surface area is 111 Å². The van der Waals surface area contributed by atoms with Gasteiger partial charge in [0.25, 0.3) is 6.01 Å². The summed E-state index contributed by atoms with van der Waals surface area (Å²) in [5, 5.41) is 0. The van der Waals surface area contributed by atoms with Gasteiger partial charge in [0.15, 0.2) is 17.2 Å². The molecular weight excluding hydrogens is 244 g/mol. The average molecular weight is 260 g/mol. The molecule has 2 N–H and O–H groups in total. The van der Waals surface area contributed by atoms with Gasteiger partial charge in [0, 0.05) is 12.5 Å². The maximum Gasteiger partial charge on any atom is 0.293 e. The summed E-state index contributed by atoms with van der Waals surface area (Å²) in [7, 11) is 1.63. The van der Waals surface area contributed by atoms with Gasteiger partial charge < -0.3 is 14.9 Å².